The highest BCUT2D eigenvalue weighted by atomic mass is 16.5. The lowest BCUT2D eigenvalue weighted by Gasteiger charge is -2.45. The molecule has 272 valence electrons. The minimum atomic E-state index is -0.531. The number of nitrogens with zero attached hydrogens (tertiary/aromatic N) is 5. The van der Waals surface area contributed by atoms with E-state index in [9.17, 15) is 0 Å². The number of aliphatic imine (C=N–C) groups is 1. The summed E-state index contributed by atoms with van der Waals surface area (Å²) in [5.41, 5.74) is 8.90. The molecule has 8 rings (SSSR count). The molecule has 2 aliphatic rings. The number of hydrogen-bond donors (Lipinski definition) is 0. The first-order valence-electron chi connectivity index (χ1n) is 18.8. The van der Waals surface area contributed by atoms with E-state index in [1.165, 1.54) is 27.8 Å². The Morgan fingerprint density at radius 3 is 2.19 bits per heavy atom. The second-order valence-electron chi connectivity index (χ2n) is 18.4. The maximum atomic E-state index is 7.07. The molecule has 0 N–H and O–H groups in total. The van der Waals surface area contributed by atoms with Gasteiger partial charge >= 0.3 is 0 Å². The molecule has 1 aliphatic heterocycles. The second kappa shape index (κ2) is 11.5. The van der Waals surface area contributed by atoms with Crippen molar-refractivity contribution in [1.82, 2.24) is 19.5 Å². The largest absolute Gasteiger partial charge is 0.467 e. The number of benzene rings is 3. The Morgan fingerprint density at radius 1 is 0.736 bits per heavy atom. The Balaban J connectivity index is 1.21. The summed E-state index contributed by atoms with van der Waals surface area (Å²) in [6, 6.07) is 23.5. The van der Waals surface area contributed by atoms with Crippen molar-refractivity contribution in [2.45, 2.75) is 111 Å². The van der Waals surface area contributed by atoms with Crippen molar-refractivity contribution in [3.63, 3.8) is 0 Å². The number of rotatable bonds is 4. The molecule has 0 fully saturated rings. The predicted octanol–water partition coefficient (Wildman–Crippen LogP) is 11.0. The molecule has 3 aromatic carbocycles. The van der Waals surface area contributed by atoms with Gasteiger partial charge in [0.15, 0.2) is 0 Å². The van der Waals surface area contributed by atoms with Crippen LogP contribution in [0.1, 0.15) is 108 Å². The molecule has 0 radical (unpaired) electrons. The third-order valence-electron chi connectivity index (χ3n) is 11.7. The van der Waals surface area contributed by atoms with Crippen LogP contribution in [0.4, 0.5) is 0 Å². The first-order valence-corrected chi connectivity index (χ1v) is 18.8. The molecular weight excluding hydrogens is 655 g/mol. The molecule has 7 nitrogen and oxygen atoms in total. The summed E-state index contributed by atoms with van der Waals surface area (Å²) in [4.78, 5) is 19.9. The SMILES string of the molecule is Cc1cc2c(cc1C)[C@@]1(C)N=C(c3ccnc(Oc4ccc5c6cc(C(C)(C)C)ccc6n(-c6nccc(C(C)(C)C)n6)c5c4)c3)O[C@@]1(C(C)(C)C)C2. The molecule has 0 saturated carbocycles. The Morgan fingerprint density at radius 2 is 1.47 bits per heavy atom. The van der Waals surface area contributed by atoms with Crippen molar-refractivity contribution < 1.29 is 9.47 Å². The third kappa shape index (κ3) is 5.45. The molecule has 7 heteroatoms. The minimum absolute atomic E-state index is 0.00228. The van der Waals surface area contributed by atoms with E-state index in [1.54, 1.807) is 6.20 Å². The van der Waals surface area contributed by atoms with Gasteiger partial charge in [-0.3, -0.25) is 4.57 Å². The number of pyridine rings is 1. The molecule has 4 heterocycles. The smallest absolute Gasteiger partial charge is 0.234 e. The quantitative estimate of drug-likeness (QED) is 0.182. The van der Waals surface area contributed by atoms with Crippen molar-refractivity contribution >= 4 is 27.7 Å². The van der Waals surface area contributed by atoms with Gasteiger partial charge in [0.2, 0.25) is 17.7 Å². The monoisotopic (exact) mass is 705 g/mol. The summed E-state index contributed by atoms with van der Waals surface area (Å²) in [6.07, 6.45) is 4.43. The maximum Gasteiger partial charge on any atom is 0.234 e. The van der Waals surface area contributed by atoms with Crippen LogP contribution in [0.5, 0.6) is 11.6 Å². The molecule has 0 spiro atoms. The summed E-state index contributed by atoms with van der Waals surface area (Å²) in [7, 11) is 0. The highest BCUT2D eigenvalue weighted by Gasteiger charge is 2.66. The first kappa shape index (κ1) is 35.0. The Kier molecular flexibility index (Phi) is 7.58. The summed E-state index contributed by atoms with van der Waals surface area (Å²) < 4.78 is 15.8. The molecule has 1 aliphatic carbocycles. The van der Waals surface area contributed by atoms with Crippen molar-refractivity contribution in [1.29, 1.82) is 0 Å². The molecular formula is C46H51N5O2. The van der Waals surface area contributed by atoms with Gasteiger partial charge in [0.25, 0.3) is 0 Å². The van der Waals surface area contributed by atoms with Crippen molar-refractivity contribution in [2.75, 3.05) is 0 Å². The van der Waals surface area contributed by atoms with Gasteiger partial charge in [0.1, 0.15) is 16.9 Å². The topological polar surface area (TPSA) is 74.4 Å². The summed E-state index contributed by atoms with van der Waals surface area (Å²) in [6.45, 7) is 26.6. The average molecular weight is 706 g/mol. The van der Waals surface area contributed by atoms with E-state index in [4.69, 9.17) is 24.4 Å². The molecule has 0 saturated heterocycles. The number of aryl methyl sites for hydroxylation is 2. The van der Waals surface area contributed by atoms with Crippen LogP contribution < -0.4 is 4.74 Å². The van der Waals surface area contributed by atoms with Crippen LogP contribution in [0, 0.1) is 19.3 Å². The van der Waals surface area contributed by atoms with Gasteiger partial charge < -0.3 is 9.47 Å². The highest BCUT2D eigenvalue weighted by Crippen LogP contribution is 2.60. The number of ether oxygens (including phenoxy) is 2. The van der Waals surface area contributed by atoms with Crippen molar-refractivity contribution in [2.24, 2.45) is 10.4 Å². The lowest BCUT2D eigenvalue weighted by molar-refractivity contribution is -0.0673. The zero-order chi connectivity index (χ0) is 37.9. The lowest BCUT2D eigenvalue weighted by Crippen LogP contribution is -2.54. The van der Waals surface area contributed by atoms with Gasteiger partial charge in [0, 0.05) is 58.1 Å². The molecule has 6 aromatic rings. The van der Waals surface area contributed by atoms with Crippen molar-refractivity contribution in [3.8, 4) is 17.6 Å². The van der Waals surface area contributed by atoms with Crippen LogP contribution >= 0.6 is 0 Å². The van der Waals surface area contributed by atoms with Crippen LogP contribution in [-0.4, -0.2) is 31.0 Å². The normalized spacial score (nSPS) is 20.0. The number of hydrogen-bond acceptors (Lipinski definition) is 6. The van der Waals surface area contributed by atoms with Gasteiger partial charge in [-0.2, -0.15) is 0 Å². The van der Waals surface area contributed by atoms with Gasteiger partial charge in [-0.25, -0.2) is 19.9 Å². The summed E-state index contributed by atoms with van der Waals surface area (Å²) >= 11 is 0. The van der Waals surface area contributed by atoms with Crippen LogP contribution in [0.3, 0.4) is 0 Å². The van der Waals surface area contributed by atoms with E-state index in [1.807, 2.05) is 30.5 Å². The van der Waals surface area contributed by atoms with Gasteiger partial charge in [-0.05, 0) is 90.4 Å². The summed E-state index contributed by atoms with van der Waals surface area (Å²) in [5.74, 6) is 2.39. The predicted molar refractivity (Wildman–Crippen MR) is 215 cm³/mol. The molecule has 3 aromatic heterocycles. The molecule has 0 bridgehead atoms. The van der Waals surface area contributed by atoms with Crippen LogP contribution in [-0.2, 0) is 27.5 Å². The second-order valence-corrected chi connectivity index (χ2v) is 18.4. The Hall–Kier alpha value is -5.04. The van der Waals surface area contributed by atoms with Gasteiger partial charge in [-0.15, -0.1) is 0 Å². The standard InChI is InChI=1S/C46H51N5O2/c1-27-21-30-26-46(44(9,10)11)45(12,35(30)22-28(27)2)50-40(53-46)29-17-19-47-39(23-29)52-32-14-15-33-34-24-31(42(3,4)5)13-16-36(34)51(37(33)25-32)41-48-20-18-38(49-41)43(6,7)8/h13-25H,26H2,1-12H3/t45-,46-/m1/s1. The van der Waals surface area contributed by atoms with E-state index in [2.05, 4.69) is 135 Å². The minimum Gasteiger partial charge on any atom is -0.467 e. The lowest BCUT2D eigenvalue weighted by atomic mass is 9.66. The zero-order valence-corrected chi connectivity index (χ0v) is 33.3. The molecule has 0 unspecified atom stereocenters. The highest BCUT2D eigenvalue weighted by molar-refractivity contribution is 6.09. The fraction of sp³-hybridized carbons (Fsp3) is 0.391. The van der Waals surface area contributed by atoms with Crippen LogP contribution in [0.2, 0.25) is 0 Å². The van der Waals surface area contributed by atoms with E-state index in [0.29, 0.717) is 23.5 Å². The first-order chi connectivity index (χ1) is 24.8. The fourth-order valence-electron chi connectivity index (χ4n) is 8.42. The Labute approximate surface area is 313 Å². The maximum absolute atomic E-state index is 7.07. The molecule has 53 heavy (non-hydrogen) atoms. The number of aromatic nitrogens is 4. The van der Waals surface area contributed by atoms with Gasteiger partial charge in [-0.1, -0.05) is 80.5 Å². The zero-order valence-electron chi connectivity index (χ0n) is 33.3. The van der Waals surface area contributed by atoms with Crippen molar-refractivity contribution in [3.05, 3.63) is 118 Å². The number of fused-ring (bicyclic) bond motifs is 6. The molecule has 0 amide bonds. The van der Waals surface area contributed by atoms with E-state index >= 15 is 0 Å². The van der Waals surface area contributed by atoms with Crippen LogP contribution in [0.25, 0.3) is 27.8 Å². The van der Waals surface area contributed by atoms with E-state index < -0.39 is 11.1 Å². The van der Waals surface area contributed by atoms with Crippen LogP contribution in [0.15, 0.2) is 84.1 Å². The van der Waals surface area contributed by atoms with E-state index in [-0.39, 0.29) is 16.2 Å². The van der Waals surface area contributed by atoms with E-state index in [0.717, 1.165) is 39.5 Å². The fourth-order valence-corrected chi connectivity index (χ4v) is 8.42. The average Bonchev–Trinajstić information content (AvgIpc) is 3.65. The third-order valence-corrected chi connectivity index (χ3v) is 11.7. The summed E-state index contributed by atoms with van der Waals surface area (Å²) in [5, 5.41) is 2.26. The van der Waals surface area contributed by atoms with Gasteiger partial charge in [0.05, 0.1) is 16.7 Å². The Bertz CT molecular complexity index is 2490. The molecule has 2 atom stereocenters.